The average molecular weight is 374 g/mol. The van der Waals surface area contributed by atoms with Gasteiger partial charge in [0.25, 0.3) is 5.69 Å². The fraction of sp³-hybridized carbons (Fsp3) is 0.474. The van der Waals surface area contributed by atoms with Gasteiger partial charge in [0.1, 0.15) is 17.8 Å². The van der Waals surface area contributed by atoms with E-state index >= 15 is 0 Å². The number of nitro benzene ring substituents is 1. The highest BCUT2D eigenvalue weighted by Gasteiger charge is 2.64. The Balaban J connectivity index is 1.79. The Hall–Kier alpha value is -2.90. The van der Waals surface area contributed by atoms with Gasteiger partial charge in [-0.05, 0) is 31.5 Å². The number of esters is 1. The lowest BCUT2D eigenvalue weighted by atomic mass is 9.80. The van der Waals surface area contributed by atoms with Crippen molar-refractivity contribution in [1.29, 1.82) is 0 Å². The Morgan fingerprint density at radius 2 is 1.89 bits per heavy atom. The highest BCUT2D eigenvalue weighted by molar-refractivity contribution is 6.00. The largest absolute Gasteiger partial charge is 0.470 e. The molecule has 144 valence electrons. The summed E-state index contributed by atoms with van der Waals surface area (Å²) in [6, 6.07) is 5.74. The minimum absolute atomic E-state index is 0.0387. The lowest BCUT2D eigenvalue weighted by molar-refractivity contribution is -0.384. The van der Waals surface area contributed by atoms with Crippen LogP contribution in [0.2, 0.25) is 0 Å². The molecule has 1 amide bonds. The zero-order chi connectivity index (χ0) is 20.1. The van der Waals surface area contributed by atoms with Crippen LogP contribution in [-0.2, 0) is 25.7 Å². The van der Waals surface area contributed by atoms with Crippen molar-refractivity contribution in [2.45, 2.75) is 47.5 Å². The average Bonchev–Trinajstić information content (AvgIpc) is 2.98. The number of carbonyl (C=O) groups is 2. The Morgan fingerprint density at radius 3 is 2.41 bits per heavy atom. The summed E-state index contributed by atoms with van der Waals surface area (Å²) in [5, 5.41) is 10.7. The predicted octanol–water partition coefficient (Wildman–Crippen LogP) is 3.12. The molecule has 0 aliphatic carbocycles. The normalized spacial score (nSPS) is 20.7. The molecular weight excluding hydrogens is 352 g/mol. The van der Waals surface area contributed by atoms with Crippen LogP contribution in [0, 0.1) is 20.9 Å². The Bertz CT molecular complexity index is 848. The number of ether oxygens (including phenoxy) is 2. The summed E-state index contributed by atoms with van der Waals surface area (Å²) >= 11 is 0. The molecule has 0 saturated carbocycles. The van der Waals surface area contributed by atoms with Gasteiger partial charge in [-0.3, -0.25) is 19.8 Å². The maximum atomic E-state index is 12.7. The van der Waals surface area contributed by atoms with Crippen LogP contribution in [0.25, 0.3) is 0 Å². The second-order valence-corrected chi connectivity index (χ2v) is 8.29. The van der Waals surface area contributed by atoms with E-state index in [1.165, 1.54) is 29.2 Å². The van der Waals surface area contributed by atoms with Crippen LogP contribution in [0.4, 0.5) is 5.69 Å². The summed E-state index contributed by atoms with van der Waals surface area (Å²) in [4.78, 5) is 36.8. The summed E-state index contributed by atoms with van der Waals surface area (Å²) < 4.78 is 11.3. The van der Waals surface area contributed by atoms with Gasteiger partial charge in [0, 0.05) is 17.5 Å². The molecule has 8 heteroatoms. The lowest BCUT2D eigenvalue weighted by Crippen LogP contribution is -2.64. The number of fused-ring (bicyclic) bond motifs is 1. The van der Waals surface area contributed by atoms with Crippen molar-refractivity contribution in [2.24, 2.45) is 10.8 Å². The summed E-state index contributed by atoms with van der Waals surface area (Å²) in [6.07, 6.45) is -0.513. The van der Waals surface area contributed by atoms with Crippen molar-refractivity contribution in [2.75, 3.05) is 0 Å². The number of nitrogens with zero attached hydrogens (tertiary/aromatic N) is 2. The molecule has 0 aromatic heterocycles. The molecule has 0 bridgehead atoms. The number of hydrogen-bond acceptors (Lipinski definition) is 6. The van der Waals surface area contributed by atoms with Crippen LogP contribution in [0.5, 0.6) is 0 Å². The Labute approximate surface area is 156 Å². The second kappa shape index (κ2) is 6.07. The van der Waals surface area contributed by atoms with E-state index in [-0.39, 0.29) is 23.9 Å². The molecule has 0 spiro atoms. The summed E-state index contributed by atoms with van der Waals surface area (Å²) in [6.45, 7) is 9.19. The molecule has 1 unspecified atom stereocenters. The zero-order valence-electron chi connectivity index (χ0n) is 15.9. The minimum Gasteiger partial charge on any atom is -0.470 e. The number of hydrogen-bond donors (Lipinski definition) is 0. The Morgan fingerprint density at radius 1 is 1.30 bits per heavy atom. The van der Waals surface area contributed by atoms with Crippen LogP contribution in [0.15, 0.2) is 35.7 Å². The number of non-ortho nitro benzene ring substituents is 1. The van der Waals surface area contributed by atoms with E-state index in [0.717, 1.165) is 0 Å². The number of β-lactam (4-membered cyclic amide) rings is 1. The molecule has 2 heterocycles. The molecular formula is C19H22N2O6. The van der Waals surface area contributed by atoms with Gasteiger partial charge >= 0.3 is 5.97 Å². The van der Waals surface area contributed by atoms with E-state index in [4.69, 9.17) is 9.47 Å². The number of rotatable bonds is 4. The molecule has 2 aliphatic rings. The first-order valence-corrected chi connectivity index (χ1v) is 8.60. The summed E-state index contributed by atoms with van der Waals surface area (Å²) in [5.41, 5.74) is -0.466. The van der Waals surface area contributed by atoms with E-state index in [1.54, 1.807) is 13.8 Å². The SMILES string of the molecule is CC(C)(C)C1=C(C(=O)OCc2ccc([N+](=O)[O-])cc2)N2C(=O)C(C)(C)C2O1. The minimum atomic E-state index is -0.698. The standard InChI is InChI=1S/C19H22N2O6/c1-18(2,3)14-13(20-16(23)19(4,5)17(20)27-14)15(22)26-10-11-6-8-12(9-7-11)21(24)25/h6-9,17H,10H2,1-5H3. The first-order chi connectivity index (χ1) is 12.4. The summed E-state index contributed by atoms with van der Waals surface area (Å²) in [5.74, 6) is -0.404. The molecule has 27 heavy (non-hydrogen) atoms. The van der Waals surface area contributed by atoms with Crippen LogP contribution >= 0.6 is 0 Å². The molecule has 3 rings (SSSR count). The number of benzene rings is 1. The van der Waals surface area contributed by atoms with Crippen LogP contribution in [0.3, 0.4) is 0 Å². The van der Waals surface area contributed by atoms with Crippen molar-refractivity contribution in [3.05, 3.63) is 51.4 Å². The molecule has 0 N–H and O–H groups in total. The molecule has 0 radical (unpaired) electrons. The van der Waals surface area contributed by atoms with Crippen LogP contribution < -0.4 is 0 Å². The van der Waals surface area contributed by atoms with Crippen molar-refractivity contribution < 1.29 is 24.0 Å². The van der Waals surface area contributed by atoms with Gasteiger partial charge in [0.05, 0.1) is 4.92 Å². The number of carbonyl (C=O) groups excluding carboxylic acids is 2. The molecule has 2 aliphatic heterocycles. The lowest BCUT2D eigenvalue weighted by Gasteiger charge is -2.47. The second-order valence-electron chi connectivity index (χ2n) is 8.29. The topological polar surface area (TPSA) is 99.0 Å². The van der Waals surface area contributed by atoms with E-state index < -0.39 is 28.0 Å². The fourth-order valence-corrected chi connectivity index (χ4v) is 3.13. The molecule has 1 saturated heterocycles. The molecule has 1 fully saturated rings. The van der Waals surface area contributed by atoms with Crippen LogP contribution in [0.1, 0.15) is 40.2 Å². The first-order valence-electron chi connectivity index (χ1n) is 8.60. The predicted molar refractivity (Wildman–Crippen MR) is 94.9 cm³/mol. The van der Waals surface area contributed by atoms with Crippen molar-refractivity contribution in [1.82, 2.24) is 4.90 Å². The van der Waals surface area contributed by atoms with Crippen molar-refractivity contribution in [3.63, 3.8) is 0 Å². The van der Waals surface area contributed by atoms with Gasteiger partial charge in [0.2, 0.25) is 5.91 Å². The van der Waals surface area contributed by atoms with Crippen LogP contribution in [-0.4, -0.2) is 27.9 Å². The van der Waals surface area contributed by atoms with E-state index in [1.807, 2.05) is 20.8 Å². The van der Waals surface area contributed by atoms with E-state index in [9.17, 15) is 19.7 Å². The van der Waals surface area contributed by atoms with Gasteiger partial charge in [-0.2, -0.15) is 0 Å². The van der Waals surface area contributed by atoms with Gasteiger partial charge in [-0.15, -0.1) is 0 Å². The third-order valence-electron chi connectivity index (χ3n) is 4.70. The number of allylic oxidation sites excluding steroid dienone is 1. The van der Waals surface area contributed by atoms with E-state index in [2.05, 4.69) is 0 Å². The smallest absolute Gasteiger partial charge is 0.359 e. The highest BCUT2D eigenvalue weighted by Crippen LogP contribution is 2.51. The van der Waals surface area contributed by atoms with Gasteiger partial charge in [-0.25, -0.2) is 4.79 Å². The number of amides is 1. The number of nitro groups is 1. The van der Waals surface area contributed by atoms with Gasteiger partial charge < -0.3 is 9.47 Å². The molecule has 1 aromatic rings. The van der Waals surface area contributed by atoms with Crippen molar-refractivity contribution >= 4 is 17.6 Å². The molecule has 8 nitrogen and oxygen atoms in total. The zero-order valence-corrected chi connectivity index (χ0v) is 15.9. The fourth-order valence-electron chi connectivity index (χ4n) is 3.13. The highest BCUT2D eigenvalue weighted by atomic mass is 16.6. The van der Waals surface area contributed by atoms with Gasteiger partial charge in [-0.1, -0.05) is 20.8 Å². The molecule has 1 aromatic carbocycles. The first kappa shape index (κ1) is 18.9. The quantitative estimate of drug-likeness (QED) is 0.347. The van der Waals surface area contributed by atoms with E-state index in [0.29, 0.717) is 11.3 Å². The summed E-state index contributed by atoms with van der Waals surface area (Å²) in [7, 11) is 0. The maximum Gasteiger partial charge on any atom is 0.359 e. The monoisotopic (exact) mass is 374 g/mol. The third-order valence-corrected chi connectivity index (χ3v) is 4.70. The third kappa shape index (κ3) is 3.05. The van der Waals surface area contributed by atoms with Crippen molar-refractivity contribution in [3.8, 4) is 0 Å². The molecule has 1 atom stereocenters. The van der Waals surface area contributed by atoms with Gasteiger partial charge in [0.15, 0.2) is 11.9 Å². The Kier molecular flexibility index (Phi) is 4.25. The maximum absolute atomic E-state index is 12.7.